The first kappa shape index (κ1) is 18.6. The minimum atomic E-state index is -3.49. The van der Waals surface area contributed by atoms with Crippen LogP contribution in [-0.2, 0) is 10.0 Å². The van der Waals surface area contributed by atoms with Gasteiger partial charge in [0.25, 0.3) is 10.0 Å². The summed E-state index contributed by atoms with van der Waals surface area (Å²) in [5, 5.41) is 0. The zero-order chi connectivity index (χ0) is 17.0. The molecule has 2 atom stereocenters. The van der Waals surface area contributed by atoms with Gasteiger partial charge in [0.1, 0.15) is 4.21 Å². The Balaban J connectivity index is 2.19. The van der Waals surface area contributed by atoms with Crippen molar-refractivity contribution in [3.63, 3.8) is 0 Å². The molecule has 0 aliphatic heterocycles. The molecule has 0 amide bonds. The zero-order valence-corrected chi connectivity index (χ0v) is 16.8. The molecule has 0 saturated carbocycles. The molecular formula is C17H22BrNO2S2. The highest BCUT2D eigenvalue weighted by molar-refractivity contribution is 9.11. The van der Waals surface area contributed by atoms with Gasteiger partial charge < -0.3 is 0 Å². The highest BCUT2D eigenvalue weighted by Gasteiger charge is 2.22. The molecule has 0 fully saturated rings. The smallest absolute Gasteiger partial charge is 0.206 e. The van der Waals surface area contributed by atoms with Gasteiger partial charge in [0.05, 0.1) is 3.79 Å². The summed E-state index contributed by atoms with van der Waals surface area (Å²) in [6, 6.07) is 11.4. The van der Waals surface area contributed by atoms with Crippen molar-refractivity contribution in [1.29, 1.82) is 0 Å². The lowest BCUT2D eigenvalue weighted by Gasteiger charge is -2.18. The van der Waals surface area contributed by atoms with Crippen molar-refractivity contribution >= 4 is 37.3 Å². The van der Waals surface area contributed by atoms with Crippen LogP contribution in [0, 0.1) is 0 Å². The van der Waals surface area contributed by atoms with Crippen LogP contribution in [0.15, 0.2) is 44.4 Å². The lowest BCUT2D eigenvalue weighted by Crippen LogP contribution is -2.27. The zero-order valence-electron chi connectivity index (χ0n) is 13.5. The highest BCUT2D eigenvalue weighted by Crippen LogP contribution is 2.28. The molecule has 1 N–H and O–H groups in total. The molecule has 0 aliphatic carbocycles. The van der Waals surface area contributed by atoms with Crippen molar-refractivity contribution in [3.8, 4) is 0 Å². The molecule has 0 spiro atoms. The molecule has 2 aromatic rings. The van der Waals surface area contributed by atoms with Crippen molar-refractivity contribution in [2.75, 3.05) is 0 Å². The van der Waals surface area contributed by atoms with Crippen LogP contribution in [0.2, 0.25) is 0 Å². The third-order valence-corrected chi connectivity index (χ3v) is 7.63. The molecule has 2 unspecified atom stereocenters. The summed E-state index contributed by atoms with van der Waals surface area (Å²) < 4.78 is 28.9. The maximum Gasteiger partial charge on any atom is 0.250 e. The fraction of sp³-hybridized carbons (Fsp3) is 0.412. The van der Waals surface area contributed by atoms with E-state index in [4.69, 9.17) is 0 Å². The molecule has 23 heavy (non-hydrogen) atoms. The topological polar surface area (TPSA) is 46.2 Å². The van der Waals surface area contributed by atoms with Crippen LogP contribution in [0.1, 0.15) is 56.7 Å². The Bertz CT molecular complexity index is 738. The van der Waals surface area contributed by atoms with Gasteiger partial charge in [-0.05, 0) is 57.9 Å². The maximum absolute atomic E-state index is 12.5. The van der Waals surface area contributed by atoms with Crippen molar-refractivity contribution < 1.29 is 8.42 Å². The molecular weight excluding hydrogens is 394 g/mol. The molecule has 0 bridgehead atoms. The first-order valence-electron chi connectivity index (χ1n) is 7.74. The van der Waals surface area contributed by atoms with Crippen LogP contribution in [-0.4, -0.2) is 8.42 Å². The number of hydrogen-bond acceptors (Lipinski definition) is 3. The number of nitrogens with one attached hydrogen (secondary N) is 1. The molecule has 0 radical (unpaired) electrons. The van der Waals surface area contributed by atoms with E-state index >= 15 is 0 Å². The number of hydrogen-bond donors (Lipinski definition) is 1. The monoisotopic (exact) mass is 415 g/mol. The number of benzene rings is 1. The van der Waals surface area contributed by atoms with Gasteiger partial charge in [0, 0.05) is 6.04 Å². The predicted octanol–water partition coefficient (Wildman–Crippen LogP) is 5.45. The summed E-state index contributed by atoms with van der Waals surface area (Å²) in [5.74, 6) is 0.518. The summed E-state index contributed by atoms with van der Waals surface area (Å²) in [5.41, 5.74) is 2.29. The molecule has 1 aromatic heterocycles. The van der Waals surface area contributed by atoms with Gasteiger partial charge in [-0.3, -0.25) is 0 Å². The van der Waals surface area contributed by atoms with E-state index in [1.165, 1.54) is 16.9 Å². The van der Waals surface area contributed by atoms with Crippen molar-refractivity contribution in [2.45, 2.75) is 49.8 Å². The van der Waals surface area contributed by atoms with Gasteiger partial charge in [0.15, 0.2) is 0 Å². The number of halogens is 1. The normalized spacial score (nSPS) is 14.6. The average molecular weight is 416 g/mol. The summed E-state index contributed by atoms with van der Waals surface area (Å²) in [4.78, 5) is 0. The minimum Gasteiger partial charge on any atom is -0.206 e. The SMILES string of the molecule is CCC(C)c1ccc(C(CC)NS(=O)(=O)c2ccc(Br)s2)cc1. The van der Waals surface area contributed by atoms with Crippen LogP contribution < -0.4 is 4.72 Å². The van der Waals surface area contributed by atoms with Gasteiger partial charge in [0.2, 0.25) is 0 Å². The van der Waals surface area contributed by atoms with E-state index in [0.29, 0.717) is 16.5 Å². The second-order valence-electron chi connectivity index (χ2n) is 5.62. The molecule has 126 valence electrons. The second-order valence-corrected chi connectivity index (χ2v) is 10.0. The Hall–Kier alpha value is -0.690. The van der Waals surface area contributed by atoms with E-state index in [0.717, 1.165) is 15.8 Å². The van der Waals surface area contributed by atoms with Gasteiger partial charge in [-0.1, -0.05) is 45.0 Å². The van der Waals surface area contributed by atoms with Crippen LogP contribution in [0.5, 0.6) is 0 Å². The molecule has 0 aliphatic rings. The largest absolute Gasteiger partial charge is 0.250 e. The summed E-state index contributed by atoms with van der Waals surface area (Å²) >= 11 is 4.53. The number of rotatable bonds is 7. The van der Waals surface area contributed by atoms with Crippen molar-refractivity contribution in [1.82, 2.24) is 4.72 Å². The average Bonchev–Trinajstić information content (AvgIpc) is 2.99. The van der Waals surface area contributed by atoms with E-state index in [-0.39, 0.29) is 6.04 Å². The summed E-state index contributed by atoms with van der Waals surface area (Å²) in [6.07, 6.45) is 1.80. The lowest BCUT2D eigenvalue weighted by molar-refractivity contribution is 0.552. The third kappa shape index (κ3) is 4.66. The Kier molecular flexibility index (Phi) is 6.42. The first-order chi connectivity index (χ1) is 10.9. The van der Waals surface area contributed by atoms with E-state index < -0.39 is 10.0 Å². The summed E-state index contributed by atoms with van der Waals surface area (Å²) in [7, 11) is -3.49. The molecule has 6 heteroatoms. The van der Waals surface area contributed by atoms with E-state index in [9.17, 15) is 8.42 Å². The van der Waals surface area contributed by atoms with E-state index in [1.807, 2.05) is 19.1 Å². The van der Waals surface area contributed by atoms with Gasteiger partial charge in [-0.15, -0.1) is 11.3 Å². The van der Waals surface area contributed by atoms with Gasteiger partial charge >= 0.3 is 0 Å². The summed E-state index contributed by atoms with van der Waals surface area (Å²) in [6.45, 7) is 6.35. The second kappa shape index (κ2) is 7.92. The third-order valence-electron chi connectivity index (χ3n) is 4.04. The Morgan fingerprint density at radius 2 is 1.65 bits per heavy atom. The minimum absolute atomic E-state index is 0.216. The first-order valence-corrected chi connectivity index (χ1v) is 10.8. The molecule has 1 heterocycles. The fourth-order valence-corrected chi connectivity index (χ4v) is 5.70. The van der Waals surface area contributed by atoms with Crippen molar-refractivity contribution in [3.05, 3.63) is 51.3 Å². The predicted molar refractivity (Wildman–Crippen MR) is 101 cm³/mol. The Morgan fingerprint density at radius 3 is 2.13 bits per heavy atom. The van der Waals surface area contributed by atoms with Crippen LogP contribution in [0.25, 0.3) is 0 Å². The van der Waals surface area contributed by atoms with Gasteiger partial charge in [-0.2, -0.15) is 0 Å². The Labute approximate surface area is 151 Å². The molecule has 0 saturated heterocycles. The fourth-order valence-electron chi connectivity index (χ4n) is 2.37. The maximum atomic E-state index is 12.5. The highest BCUT2D eigenvalue weighted by atomic mass is 79.9. The van der Waals surface area contributed by atoms with Crippen molar-refractivity contribution in [2.24, 2.45) is 0 Å². The molecule has 3 nitrogen and oxygen atoms in total. The van der Waals surface area contributed by atoms with Gasteiger partial charge in [-0.25, -0.2) is 13.1 Å². The molecule has 1 aromatic carbocycles. The lowest BCUT2D eigenvalue weighted by atomic mass is 9.96. The van der Waals surface area contributed by atoms with Crippen LogP contribution >= 0.6 is 27.3 Å². The van der Waals surface area contributed by atoms with E-state index in [2.05, 4.69) is 46.6 Å². The van der Waals surface area contributed by atoms with Crippen LogP contribution in [0.4, 0.5) is 0 Å². The Morgan fingerprint density at radius 1 is 1.04 bits per heavy atom. The molecule has 2 rings (SSSR count). The van der Waals surface area contributed by atoms with Crippen LogP contribution in [0.3, 0.4) is 0 Å². The number of thiophene rings is 1. The quantitative estimate of drug-likeness (QED) is 0.652. The number of sulfonamides is 1. The standard InChI is InChI=1S/C17H22BrNO2S2/c1-4-12(3)13-6-8-14(9-7-13)15(5-2)19-23(20,21)17-11-10-16(18)22-17/h6-12,15,19H,4-5H2,1-3H3. The van der Waals surface area contributed by atoms with E-state index in [1.54, 1.807) is 12.1 Å².